The highest BCUT2D eigenvalue weighted by Gasteiger charge is 2.24. The van der Waals surface area contributed by atoms with E-state index in [1.807, 2.05) is 0 Å². The van der Waals surface area contributed by atoms with E-state index in [1.54, 1.807) is 53.2 Å². The molecular weight excluding hydrogens is 326 g/mol. The van der Waals surface area contributed by atoms with E-state index in [1.165, 1.54) is 16.9 Å². The molecule has 1 N–H and O–H groups in total. The Morgan fingerprint density at radius 2 is 1.96 bits per heavy atom. The summed E-state index contributed by atoms with van der Waals surface area (Å²) >= 11 is 0. The van der Waals surface area contributed by atoms with Crippen molar-refractivity contribution in [2.24, 2.45) is 0 Å². The summed E-state index contributed by atoms with van der Waals surface area (Å²) in [6.45, 7) is 7.15. The third-order valence-corrected chi connectivity index (χ3v) is 3.04. The SMILES string of the molecule is CON(C)c1nc([C@H](C)NC(=O)OC(C)(C)C)n(-c2ncccn2)n1. The molecule has 10 nitrogen and oxygen atoms in total. The van der Waals surface area contributed by atoms with Crippen molar-refractivity contribution in [2.45, 2.75) is 39.3 Å². The van der Waals surface area contributed by atoms with E-state index in [-0.39, 0.29) is 0 Å². The molecule has 0 aromatic carbocycles. The number of hydrogen-bond acceptors (Lipinski definition) is 8. The van der Waals surface area contributed by atoms with Gasteiger partial charge in [0, 0.05) is 19.4 Å². The van der Waals surface area contributed by atoms with Crippen LogP contribution in [-0.2, 0) is 9.57 Å². The average molecular weight is 349 g/mol. The van der Waals surface area contributed by atoms with Crippen LogP contribution < -0.4 is 10.4 Å². The first-order valence-corrected chi connectivity index (χ1v) is 7.73. The summed E-state index contributed by atoms with van der Waals surface area (Å²) in [4.78, 5) is 29.9. The van der Waals surface area contributed by atoms with E-state index >= 15 is 0 Å². The maximum absolute atomic E-state index is 12.0. The molecule has 0 radical (unpaired) electrons. The molecule has 0 bridgehead atoms. The third kappa shape index (κ3) is 4.86. The maximum atomic E-state index is 12.0. The van der Waals surface area contributed by atoms with Crippen LogP contribution in [0.3, 0.4) is 0 Å². The van der Waals surface area contributed by atoms with Gasteiger partial charge in [-0.05, 0) is 33.8 Å². The molecule has 1 amide bonds. The molecule has 10 heteroatoms. The topological polar surface area (TPSA) is 107 Å². The lowest BCUT2D eigenvalue weighted by Crippen LogP contribution is -2.35. The summed E-state index contributed by atoms with van der Waals surface area (Å²) in [6, 6.07) is 1.20. The summed E-state index contributed by atoms with van der Waals surface area (Å²) in [5, 5.41) is 8.47. The number of hydrogen-bond donors (Lipinski definition) is 1. The van der Waals surface area contributed by atoms with Crippen molar-refractivity contribution in [1.82, 2.24) is 30.0 Å². The summed E-state index contributed by atoms with van der Waals surface area (Å²) in [5.74, 6) is 1.08. The van der Waals surface area contributed by atoms with Crippen LogP contribution in [0.5, 0.6) is 0 Å². The molecule has 136 valence electrons. The van der Waals surface area contributed by atoms with E-state index in [0.717, 1.165) is 0 Å². The van der Waals surface area contributed by atoms with Gasteiger partial charge in [-0.15, -0.1) is 5.10 Å². The number of amides is 1. The van der Waals surface area contributed by atoms with E-state index in [4.69, 9.17) is 9.57 Å². The Hall–Kier alpha value is -2.75. The third-order valence-electron chi connectivity index (χ3n) is 3.04. The van der Waals surface area contributed by atoms with Crippen LogP contribution in [0.25, 0.3) is 5.95 Å². The highest BCUT2D eigenvalue weighted by molar-refractivity contribution is 5.68. The van der Waals surface area contributed by atoms with E-state index in [9.17, 15) is 4.79 Å². The van der Waals surface area contributed by atoms with Crippen LogP contribution in [0.15, 0.2) is 18.5 Å². The fourth-order valence-corrected chi connectivity index (χ4v) is 1.90. The van der Waals surface area contributed by atoms with Crippen molar-refractivity contribution in [3.05, 3.63) is 24.3 Å². The van der Waals surface area contributed by atoms with Gasteiger partial charge in [-0.1, -0.05) is 0 Å². The van der Waals surface area contributed by atoms with Gasteiger partial charge in [0.05, 0.1) is 13.2 Å². The number of alkyl carbamates (subject to hydrolysis) is 1. The number of ether oxygens (including phenoxy) is 1. The Balaban J connectivity index is 2.31. The quantitative estimate of drug-likeness (QED) is 0.812. The van der Waals surface area contributed by atoms with E-state index < -0.39 is 17.7 Å². The molecule has 0 spiro atoms. The molecule has 0 saturated heterocycles. The molecule has 2 aromatic heterocycles. The Kier molecular flexibility index (Phi) is 5.52. The van der Waals surface area contributed by atoms with Crippen LogP contribution in [-0.4, -0.2) is 50.6 Å². The Labute approximate surface area is 146 Å². The van der Waals surface area contributed by atoms with Crippen LogP contribution in [0, 0.1) is 0 Å². The second-order valence-electron chi connectivity index (χ2n) is 6.28. The molecule has 25 heavy (non-hydrogen) atoms. The van der Waals surface area contributed by atoms with Gasteiger partial charge in [-0.2, -0.15) is 9.67 Å². The molecular formula is C15H23N7O3. The Bertz CT molecular complexity index is 712. The molecule has 0 unspecified atom stereocenters. The van der Waals surface area contributed by atoms with Crippen molar-refractivity contribution in [2.75, 3.05) is 19.2 Å². The number of rotatable bonds is 5. The summed E-state index contributed by atoms with van der Waals surface area (Å²) < 4.78 is 6.73. The van der Waals surface area contributed by atoms with Crippen molar-refractivity contribution in [3.63, 3.8) is 0 Å². The largest absolute Gasteiger partial charge is 0.444 e. The summed E-state index contributed by atoms with van der Waals surface area (Å²) in [6.07, 6.45) is 2.64. The minimum Gasteiger partial charge on any atom is -0.444 e. The molecule has 2 aromatic rings. The second kappa shape index (κ2) is 7.43. The van der Waals surface area contributed by atoms with Crippen molar-refractivity contribution in [1.29, 1.82) is 0 Å². The monoisotopic (exact) mass is 349 g/mol. The summed E-state index contributed by atoms with van der Waals surface area (Å²) in [5.41, 5.74) is -0.596. The molecule has 1 atom stereocenters. The second-order valence-corrected chi connectivity index (χ2v) is 6.28. The molecule has 2 heterocycles. The highest BCUT2D eigenvalue weighted by atomic mass is 16.7. The van der Waals surface area contributed by atoms with Gasteiger partial charge >= 0.3 is 6.09 Å². The maximum Gasteiger partial charge on any atom is 0.408 e. The van der Waals surface area contributed by atoms with Crippen molar-refractivity contribution < 1.29 is 14.4 Å². The zero-order valence-electron chi connectivity index (χ0n) is 15.2. The average Bonchev–Trinajstić information content (AvgIpc) is 2.98. The number of carbonyl (C=O) groups is 1. The van der Waals surface area contributed by atoms with Crippen LogP contribution in [0.4, 0.5) is 10.7 Å². The predicted molar refractivity (Wildman–Crippen MR) is 90.1 cm³/mol. The van der Waals surface area contributed by atoms with Crippen molar-refractivity contribution >= 4 is 12.0 Å². The predicted octanol–water partition coefficient (Wildman–Crippen LogP) is 1.64. The lowest BCUT2D eigenvalue weighted by molar-refractivity contribution is 0.0505. The van der Waals surface area contributed by atoms with Gasteiger partial charge in [0.1, 0.15) is 5.60 Å². The molecule has 2 rings (SSSR count). The first-order chi connectivity index (χ1) is 11.7. The molecule has 0 saturated carbocycles. The smallest absolute Gasteiger partial charge is 0.408 e. The number of anilines is 1. The number of carbonyl (C=O) groups excluding carboxylic acids is 1. The molecule has 0 aliphatic rings. The zero-order valence-corrected chi connectivity index (χ0v) is 15.2. The molecule has 0 aliphatic heterocycles. The van der Waals surface area contributed by atoms with Gasteiger partial charge in [-0.25, -0.2) is 19.8 Å². The lowest BCUT2D eigenvalue weighted by atomic mass is 10.2. The number of nitrogens with zero attached hydrogens (tertiary/aromatic N) is 6. The lowest BCUT2D eigenvalue weighted by Gasteiger charge is -2.21. The first kappa shape index (κ1) is 18.6. The van der Waals surface area contributed by atoms with Gasteiger partial charge in [0.2, 0.25) is 0 Å². The fourth-order valence-electron chi connectivity index (χ4n) is 1.90. The Morgan fingerprint density at radius 3 is 2.52 bits per heavy atom. The van der Waals surface area contributed by atoms with Gasteiger partial charge < -0.3 is 10.1 Å². The van der Waals surface area contributed by atoms with Crippen LogP contribution >= 0.6 is 0 Å². The zero-order chi connectivity index (χ0) is 18.6. The van der Waals surface area contributed by atoms with Crippen LogP contribution in [0.2, 0.25) is 0 Å². The minimum atomic E-state index is -0.596. The highest BCUT2D eigenvalue weighted by Crippen LogP contribution is 2.18. The van der Waals surface area contributed by atoms with Crippen LogP contribution in [0.1, 0.15) is 39.6 Å². The normalized spacial score (nSPS) is 12.6. The minimum absolute atomic E-state index is 0.308. The first-order valence-electron chi connectivity index (χ1n) is 7.73. The van der Waals surface area contributed by atoms with E-state index in [0.29, 0.717) is 17.7 Å². The fraction of sp³-hybridized carbons (Fsp3) is 0.533. The van der Waals surface area contributed by atoms with Gasteiger partial charge in [0.15, 0.2) is 5.82 Å². The van der Waals surface area contributed by atoms with Crippen molar-refractivity contribution in [3.8, 4) is 5.95 Å². The number of hydroxylamine groups is 1. The molecule has 0 aliphatic carbocycles. The van der Waals surface area contributed by atoms with Gasteiger partial charge in [0.25, 0.3) is 11.9 Å². The van der Waals surface area contributed by atoms with E-state index in [2.05, 4.69) is 25.4 Å². The molecule has 0 fully saturated rings. The standard InChI is InChI=1S/C15H23N7O3/c1-10(18-14(23)25-15(2,3)4)11-19-13(21(5)24-6)20-22(11)12-16-8-7-9-17-12/h7-10H,1-6H3,(H,18,23)/t10-/m0/s1. The van der Waals surface area contributed by atoms with Gasteiger partial charge in [-0.3, -0.25) is 4.84 Å². The summed E-state index contributed by atoms with van der Waals surface area (Å²) in [7, 11) is 3.17. The number of nitrogens with one attached hydrogen (secondary N) is 1. The Morgan fingerprint density at radius 1 is 1.32 bits per heavy atom. The number of aromatic nitrogens is 5.